The molecule has 0 aliphatic carbocycles. The largest absolute Gasteiger partial charge is 0.338 e. The third kappa shape index (κ3) is 2.53. The quantitative estimate of drug-likeness (QED) is 0.697. The molecule has 5 heteroatoms. The Morgan fingerprint density at radius 3 is 2.62 bits per heavy atom. The zero-order valence-corrected chi connectivity index (χ0v) is 14.9. The average Bonchev–Trinajstić information content (AvgIpc) is 3.17. The highest BCUT2D eigenvalue weighted by molar-refractivity contribution is 7.20. The Kier molecular flexibility index (Phi) is 3.88. The van der Waals surface area contributed by atoms with E-state index in [0.29, 0.717) is 0 Å². The average molecular weight is 339 g/mol. The van der Waals surface area contributed by atoms with Gasteiger partial charge in [0.2, 0.25) is 0 Å². The second-order valence-electron chi connectivity index (χ2n) is 6.47. The van der Waals surface area contributed by atoms with Crippen LogP contribution in [0.5, 0.6) is 0 Å². The molecule has 0 N–H and O–H groups in total. The summed E-state index contributed by atoms with van der Waals surface area (Å²) < 4.78 is 1.98. The fraction of sp³-hybridized carbons (Fsp3) is 0.368. The van der Waals surface area contributed by atoms with E-state index in [0.717, 1.165) is 52.4 Å². The van der Waals surface area contributed by atoms with Gasteiger partial charge in [-0.3, -0.25) is 4.79 Å². The lowest BCUT2D eigenvalue weighted by atomic mass is 10.1. The standard InChI is InChI=1S/C19H21N3OS/c1-13-8-4-5-9-16(13)22-19-15(14(2)20-22)12-17(24-19)18(23)21-10-6-3-7-11-21/h4-5,8-9,12H,3,6-7,10-11H2,1-2H3. The highest BCUT2D eigenvalue weighted by Gasteiger charge is 2.22. The van der Waals surface area contributed by atoms with Gasteiger partial charge in [-0.05, 0) is 50.8 Å². The van der Waals surface area contributed by atoms with Crippen LogP contribution in [0.4, 0.5) is 0 Å². The SMILES string of the molecule is Cc1ccccc1-n1nc(C)c2cc(C(=O)N3CCCCC3)sc21. The van der Waals surface area contributed by atoms with Gasteiger partial charge in [0.15, 0.2) is 0 Å². The van der Waals surface area contributed by atoms with Crippen LogP contribution in [0.2, 0.25) is 0 Å². The first-order chi connectivity index (χ1) is 11.6. The highest BCUT2D eigenvalue weighted by Crippen LogP contribution is 2.32. The number of piperidine rings is 1. The Bertz CT molecular complexity index is 903. The van der Waals surface area contributed by atoms with Gasteiger partial charge in [0.25, 0.3) is 5.91 Å². The van der Waals surface area contributed by atoms with Crippen molar-refractivity contribution in [3.05, 3.63) is 46.5 Å². The second kappa shape index (κ2) is 6.06. The molecule has 0 radical (unpaired) electrons. The monoisotopic (exact) mass is 339 g/mol. The Morgan fingerprint density at radius 1 is 1.12 bits per heavy atom. The first kappa shape index (κ1) is 15.4. The molecule has 0 unspecified atom stereocenters. The number of carbonyl (C=O) groups is 1. The van der Waals surface area contributed by atoms with Crippen molar-refractivity contribution < 1.29 is 4.79 Å². The van der Waals surface area contributed by atoms with Gasteiger partial charge in [-0.2, -0.15) is 5.10 Å². The molecule has 24 heavy (non-hydrogen) atoms. The van der Waals surface area contributed by atoms with Gasteiger partial charge >= 0.3 is 0 Å². The molecule has 0 bridgehead atoms. The molecule has 1 amide bonds. The van der Waals surface area contributed by atoms with Crippen LogP contribution in [0.3, 0.4) is 0 Å². The maximum Gasteiger partial charge on any atom is 0.264 e. The molecule has 1 aliphatic rings. The van der Waals surface area contributed by atoms with E-state index < -0.39 is 0 Å². The molecule has 1 aromatic carbocycles. The van der Waals surface area contributed by atoms with Crippen molar-refractivity contribution in [2.45, 2.75) is 33.1 Å². The van der Waals surface area contributed by atoms with Crippen molar-refractivity contribution in [1.82, 2.24) is 14.7 Å². The molecule has 3 aromatic rings. The third-order valence-corrected chi connectivity index (χ3v) is 5.84. The summed E-state index contributed by atoms with van der Waals surface area (Å²) in [6.45, 7) is 5.87. The number of aromatic nitrogens is 2. The van der Waals surface area contributed by atoms with Gasteiger partial charge in [0.1, 0.15) is 4.83 Å². The Labute approximate surface area is 145 Å². The number of benzene rings is 1. The van der Waals surface area contributed by atoms with E-state index in [1.165, 1.54) is 12.0 Å². The number of fused-ring (bicyclic) bond motifs is 1. The number of rotatable bonds is 2. The van der Waals surface area contributed by atoms with Crippen molar-refractivity contribution in [2.75, 3.05) is 13.1 Å². The molecule has 2 aromatic heterocycles. The number of nitrogens with zero attached hydrogens (tertiary/aromatic N) is 3. The highest BCUT2D eigenvalue weighted by atomic mass is 32.1. The number of likely N-dealkylation sites (tertiary alicyclic amines) is 1. The third-order valence-electron chi connectivity index (χ3n) is 4.74. The number of hydrogen-bond acceptors (Lipinski definition) is 3. The minimum absolute atomic E-state index is 0.173. The Hall–Kier alpha value is -2.14. The molecule has 1 fully saturated rings. The van der Waals surface area contributed by atoms with Crippen molar-refractivity contribution in [2.24, 2.45) is 0 Å². The number of carbonyl (C=O) groups excluding carboxylic acids is 1. The first-order valence-electron chi connectivity index (χ1n) is 8.49. The number of aryl methyl sites for hydroxylation is 2. The van der Waals surface area contributed by atoms with Gasteiger partial charge in [-0.1, -0.05) is 18.2 Å². The van der Waals surface area contributed by atoms with Gasteiger partial charge in [0.05, 0.1) is 16.3 Å². The summed E-state index contributed by atoms with van der Waals surface area (Å²) in [4.78, 5) is 16.7. The summed E-state index contributed by atoms with van der Waals surface area (Å²) in [6.07, 6.45) is 3.47. The minimum Gasteiger partial charge on any atom is -0.338 e. The molecule has 0 spiro atoms. The number of amides is 1. The zero-order valence-electron chi connectivity index (χ0n) is 14.1. The topological polar surface area (TPSA) is 38.1 Å². The Morgan fingerprint density at radius 2 is 1.88 bits per heavy atom. The predicted molar refractivity (Wildman–Crippen MR) is 98.2 cm³/mol. The zero-order chi connectivity index (χ0) is 16.7. The summed E-state index contributed by atoms with van der Waals surface area (Å²) in [5.41, 5.74) is 3.23. The molecule has 124 valence electrons. The second-order valence-corrected chi connectivity index (χ2v) is 7.50. The molecule has 4 nitrogen and oxygen atoms in total. The van der Waals surface area contributed by atoms with E-state index >= 15 is 0 Å². The number of hydrogen-bond donors (Lipinski definition) is 0. The van der Waals surface area contributed by atoms with Crippen LogP contribution in [0, 0.1) is 13.8 Å². The smallest absolute Gasteiger partial charge is 0.264 e. The van der Waals surface area contributed by atoms with Gasteiger partial charge in [-0.15, -0.1) is 11.3 Å². The molecule has 3 heterocycles. The summed E-state index contributed by atoms with van der Waals surface area (Å²) in [5.74, 6) is 0.173. The van der Waals surface area contributed by atoms with Gasteiger partial charge in [-0.25, -0.2) is 4.68 Å². The van der Waals surface area contributed by atoms with Gasteiger partial charge < -0.3 is 4.90 Å². The Balaban J connectivity index is 1.77. The summed E-state index contributed by atoms with van der Waals surface area (Å²) >= 11 is 1.56. The van der Waals surface area contributed by atoms with E-state index in [-0.39, 0.29) is 5.91 Å². The number of para-hydroxylation sites is 1. The summed E-state index contributed by atoms with van der Waals surface area (Å²) in [7, 11) is 0. The van der Waals surface area contributed by atoms with E-state index in [9.17, 15) is 4.79 Å². The lowest BCUT2D eigenvalue weighted by Gasteiger charge is -2.26. The molecular formula is C19H21N3OS. The van der Waals surface area contributed by atoms with E-state index in [4.69, 9.17) is 5.10 Å². The fourth-order valence-corrected chi connectivity index (χ4v) is 4.51. The van der Waals surface area contributed by atoms with Crippen molar-refractivity contribution in [3.63, 3.8) is 0 Å². The van der Waals surface area contributed by atoms with Crippen molar-refractivity contribution >= 4 is 27.5 Å². The lowest BCUT2D eigenvalue weighted by molar-refractivity contribution is 0.0729. The predicted octanol–water partition coefficient (Wildman–Crippen LogP) is 4.33. The van der Waals surface area contributed by atoms with Crippen LogP contribution in [0.1, 0.15) is 40.2 Å². The fourth-order valence-electron chi connectivity index (χ4n) is 3.37. The van der Waals surface area contributed by atoms with Crippen LogP contribution < -0.4 is 0 Å². The van der Waals surface area contributed by atoms with Crippen LogP contribution in [0.25, 0.3) is 15.9 Å². The van der Waals surface area contributed by atoms with Crippen molar-refractivity contribution in [1.29, 1.82) is 0 Å². The van der Waals surface area contributed by atoms with E-state index in [2.05, 4.69) is 19.1 Å². The number of thiophene rings is 1. The summed E-state index contributed by atoms with van der Waals surface area (Å²) in [5, 5.41) is 5.78. The molecule has 1 saturated heterocycles. The lowest BCUT2D eigenvalue weighted by Crippen LogP contribution is -2.35. The first-order valence-corrected chi connectivity index (χ1v) is 9.31. The van der Waals surface area contributed by atoms with E-state index in [1.54, 1.807) is 11.3 Å². The minimum atomic E-state index is 0.173. The molecular weight excluding hydrogens is 318 g/mol. The van der Waals surface area contributed by atoms with Crippen LogP contribution in [-0.2, 0) is 0 Å². The van der Waals surface area contributed by atoms with Crippen LogP contribution in [-0.4, -0.2) is 33.7 Å². The van der Waals surface area contributed by atoms with Crippen molar-refractivity contribution in [3.8, 4) is 5.69 Å². The maximum atomic E-state index is 12.8. The molecule has 1 aliphatic heterocycles. The molecule has 4 rings (SSSR count). The maximum absolute atomic E-state index is 12.8. The molecule has 0 saturated carbocycles. The summed E-state index contributed by atoms with van der Waals surface area (Å²) in [6, 6.07) is 10.2. The van der Waals surface area contributed by atoms with Crippen LogP contribution >= 0.6 is 11.3 Å². The normalized spacial score (nSPS) is 15.2. The molecule has 0 atom stereocenters. The van der Waals surface area contributed by atoms with Gasteiger partial charge in [0, 0.05) is 18.5 Å². The van der Waals surface area contributed by atoms with Crippen LogP contribution in [0.15, 0.2) is 30.3 Å². The van der Waals surface area contributed by atoms with E-state index in [1.807, 2.05) is 34.7 Å².